The lowest BCUT2D eigenvalue weighted by Crippen LogP contribution is -2.53. The Morgan fingerprint density at radius 2 is 0.669 bits per heavy atom. The molecular weight excluding hydrogens is 1840 g/mol. The van der Waals surface area contributed by atoms with Crippen LogP contribution in [0.2, 0.25) is 0 Å². The number of carbonyl (C=O) groups is 8. The number of ether oxygens (including phenoxy) is 1. The van der Waals surface area contributed by atoms with Crippen molar-refractivity contribution in [2.75, 3.05) is 115 Å². The highest BCUT2D eigenvalue weighted by Crippen LogP contribution is 2.47. The van der Waals surface area contributed by atoms with E-state index >= 15 is 0 Å². The van der Waals surface area contributed by atoms with Gasteiger partial charge in [0.05, 0.1) is 40.4 Å². The van der Waals surface area contributed by atoms with Crippen molar-refractivity contribution in [3.8, 4) is 0 Å². The van der Waals surface area contributed by atoms with Crippen molar-refractivity contribution in [3.63, 3.8) is 0 Å². The number of nitrogens with zero attached hydrogens (tertiary/aromatic N) is 11. The Hall–Kier alpha value is -16.5. The maximum Gasteiger partial charge on any atom is 0.251 e. The summed E-state index contributed by atoms with van der Waals surface area (Å²) in [5.41, 5.74) is 36.8. The van der Waals surface area contributed by atoms with Crippen molar-refractivity contribution in [1.29, 1.82) is 0 Å². The molecule has 8 aromatic carbocycles. The molecule has 30 heteroatoms. The van der Waals surface area contributed by atoms with Crippen LogP contribution in [0.25, 0.3) is 66.5 Å². The number of hydrogen-bond acceptors (Lipinski definition) is 22. The molecule has 0 saturated heterocycles. The third-order valence-corrected chi connectivity index (χ3v) is 30.0. The minimum Gasteiger partial charge on any atom is -0.443 e. The van der Waals surface area contributed by atoms with Gasteiger partial charge in [-0.15, -0.1) is 0 Å². The molecule has 8 aliphatic carbocycles. The molecule has 4 aromatic heterocycles. The third kappa shape index (κ3) is 19.6. The third-order valence-electron chi connectivity index (χ3n) is 29.4. The maximum absolute atomic E-state index is 14.1. The minimum atomic E-state index is -0.569. The van der Waals surface area contributed by atoms with Crippen LogP contribution in [0.5, 0.6) is 0 Å². The fourth-order valence-corrected chi connectivity index (χ4v) is 22.5. The van der Waals surface area contributed by atoms with Crippen LogP contribution in [0.1, 0.15) is 95.9 Å². The first-order valence-electron chi connectivity index (χ1n) is 49.3. The van der Waals surface area contributed by atoms with E-state index in [1.54, 1.807) is 72.6 Å². The highest BCUT2D eigenvalue weighted by atomic mass is 32.1. The van der Waals surface area contributed by atoms with Crippen LogP contribution in [-0.2, 0) is 68.8 Å². The predicted octanol–water partition coefficient (Wildman–Crippen LogP) is 14.9. The molecule has 29 nitrogen and oxygen atoms in total. The first-order valence-corrected chi connectivity index (χ1v) is 50.0. The Labute approximate surface area is 842 Å². The molecule has 24 rings (SSSR count). The second kappa shape index (κ2) is 42.0. The number of aromatic nitrogens is 7. The molecule has 0 saturated carbocycles. The molecule has 8 N–H and O–H groups in total. The number of fused-ring (bicyclic) bond motifs is 12. The van der Waals surface area contributed by atoms with Crippen molar-refractivity contribution in [2.24, 2.45) is 0 Å². The lowest BCUT2D eigenvalue weighted by Gasteiger charge is -2.36. The Kier molecular flexibility index (Phi) is 27.4. The molecule has 730 valence electrons. The van der Waals surface area contributed by atoms with Gasteiger partial charge in [-0.25, -0.2) is 4.98 Å². The van der Waals surface area contributed by atoms with Gasteiger partial charge in [0.15, 0.2) is 12.0 Å². The van der Waals surface area contributed by atoms with E-state index in [0.717, 1.165) is 132 Å². The number of carbonyl (C=O) groups excluding carboxylic acids is 8. The van der Waals surface area contributed by atoms with Gasteiger partial charge in [0.2, 0.25) is 23.6 Å². The van der Waals surface area contributed by atoms with E-state index in [9.17, 15) is 38.4 Å². The molecule has 4 atom stereocenters. The molecule has 4 aliphatic heterocycles. The van der Waals surface area contributed by atoms with E-state index in [0.29, 0.717) is 122 Å². The zero-order valence-electron chi connectivity index (χ0n) is 80.9. The van der Waals surface area contributed by atoms with E-state index in [4.69, 9.17) is 9.15 Å². The number of hydrogen-bond donors (Lipinski definition) is 8. The number of nitrogens with one attached hydrogen (secondary N) is 8. The minimum absolute atomic E-state index is 0.0536. The van der Waals surface area contributed by atoms with Crippen molar-refractivity contribution in [3.05, 3.63) is 361 Å². The molecular formula is C115H109N19O10S. The fraction of sp³-hybridized carbons (Fsp3) is 0.261. The molecule has 0 radical (unpaired) electrons. The van der Waals surface area contributed by atoms with Gasteiger partial charge in [-0.1, -0.05) is 146 Å². The van der Waals surface area contributed by atoms with Crippen LogP contribution < -0.4 is 42.5 Å². The molecule has 0 unspecified atom stereocenters. The average Bonchev–Trinajstić information content (AvgIpc) is 1.63. The van der Waals surface area contributed by atoms with Crippen LogP contribution in [0, 0.1) is 0 Å². The first kappa shape index (κ1) is 94.8. The highest BCUT2D eigenvalue weighted by molar-refractivity contribution is 7.00. The smallest absolute Gasteiger partial charge is 0.251 e. The lowest BCUT2D eigenvalue weighted by molar-refractivity contribution is -0.137. The Balaban J connectivity index is 0.000000114. The molecule has 145 heavy (non-hydrogen) atoms. The molecule has 0 bridgehead atoms. The van der Waals surface area contributed by atoms with Crippen molar-refractivity contribution in [2.45, 2.75) is 101 Å². The number of oxazole rings is 1. The van der Waals surface area contributed by atoms with Crippen LogP contribution in [0.3, 0.4) is 0 Å². The quantitative estimate of drug-likeness (QED) is 0.0276. The summed E-state index contributed by atoms with van der Waals surface area (Å²) < 4.78 is 19.1. The first-order chi connectivity index (χ1) is 71.0. The number of anilines is 4. The second-order valence-corrected chi connectivity index (χ2v) is 38.3. The number of benzene rings is 8. The number of allylic oxidation sites excluding steroid dienone is 4. The van der Waals surface area contributed by atoms with E-state index < -0.39 is 24.2 Å². The van der Waals surface area contributed by atoms with Gasteiger partial charge in [-0.3, -0.25) is 58.3 Å². The summed E-state index contributed by atoms with van der Waals surface area (Å²) >= 11 is 1.20. The summed E-state index contributed by atoms with van der Waals surface area (Å²) in [6.45, 7) is 4.79. The van der Waals surface area contributed by atoms with Gasteiger partial charge in [-0.2, -0.15) is 8.75 Å². The predicted molar refractivity (Wildman–Crippen MR) is 563 cm³/mol. The van der Waals surface area contributed by atoms with Crippen LogP contribution in [0.4, 0.5) is 22.7 Å². The average molecular weight is 1950 g/mol. The number of rotatable bonds is 23. The molecule has 8 amide bonds. The Bertz CT molecular complexity index is 7490. The standard InChI is InChI=1S/C31H31N5O3.C29H27N5O2.C28H26N4O3.C27H25N5O2S/c1-39-14-13-34-30(37)29-17-26-22(15-20-5-2-3-7-24(20)26)19-36(29)31(38)25-8-4-6-21(25)18-35-23-9-10-27-28(16-23)33-12-11-32-27;1-30-28(35)27-15-24-20(13-18-5-2-3-7-22(18)24)17-34(27)29(36)23-8-4-6-19(23)16-33-21-9-10-25-26(14-21)32-12-11-31-25;1-29-27(33)25-13-23-19(11-17-5-2-3-7-21(17)23)15-32(25)28(34)22-8-4-6-18(22)14-30-20-9-10-24-26(12-20)35-16-31-24;1-28-26(33)25-13-22-18(11-16-5-2-3-7-20(16)22)15-32(25)27(34)21-8-4-6-17(21)14-29-19-9-10-23-24(12-19)31-35-30-23/h2-7,9-12,16,29,35H,8,13-15,17-19H2,1H3,(H,34,37);2-7,9-12,14,27,33H,8,13,15-17H2,1H3,(H,30,35);2-7,9-10,12,16,25,30H,8,11,13-15H2,1H3,(H,29,33);2-7,9-10,12,25,29H,8,11,13-15H2,1H3,(H,28,33)/t29-;27-;2*25-/m1111/s1. The van der Waals surface area contributed by atoms with Gasteiger partial charge in [0.25, 0.3) is 23.6 Å². The van der Waals surface area contributed by atoms with Gasteiger partial charge >= 0.3 is 0 Å². The van der Waals surface area contributed by atoms with E-state index in [2.05, 4.69) is 125 Å². The monoisotopic (exact) mass is 1950 g/mol. The topological polar surface area (TPSA) is 358 Å². The Morgan fingerprint density at radius 3 is 1.02 bits per heavy atom. The van der Waals surface area contributed by atoms with Crippen molar-refractivity contribution >= 4 is 148 Å². The summed E-state index contributed by atoms with van der Waals surface area (Å²) in [5.74, 6) is -0.752. The largest absolute Gasteiger partial charge is 0.443 e. The molecule has 8 heterocycles. The number of amides is 8. The van der Waals surface area contributed by atoms with Gasteiger partial charge in [0.1, 0.15) is 40.7 Å². The summed E-state index contributed by atoms with van der Waals surface area (Å²) in [4.78, 5) is 136. The lowest BCUT2D eigenvalue weighted by atomic mass is 9.91. The number of methoxy groups -OCH3 is 1. The van der Waals surface area contributed by atoms with E-state index in [-0.39, 0.29) is 47.3 Å². The molecule has 12 aliphatic rings. The van der Waals surface area contributed by atoms with Crippen LogP contribution >= 0.6 is 11.7 Å². The summed E-state index contributed by atoms with van der Waals surface area (Å²) in [5, 5.41) is 25.0. The van der Waals surface area contributed by atoms with Crippen LogP contribution in [0.15, 0.2) is 321 Å². The highest BCUT2D eigenvalue weighted by Gasteiger charge is 2.46. The van der Waals surface area contributed by atoms with Gasteiger partial charge in [0, 0.05) is 189 Å². The SMILES string of the molecule is CNC(=O)[C@H]1CC2=C(Cc3ccccc32)CN1C(=O)C1=C(CNc2ccc3nccnc3c2)C=CC1.CNC(=O)[C@H]1CC2=C(Cc3ccccc32)CN1C(=O)C1=C(CNc2ccc3ncoc3c2)C=CC1.CNC(=O)[C@H]1CC2=C(Cc3ccccc32)CN1C(=O)C1=C(CNc2ccc3nsnc3c2)C=CC1.COCCNC(=O)[C@H]1CC2=C(Cc3ccccc32)CN1C(=O)C1=C(CNc2ccc3nccnc3c2)C=CC1. The summed E-state index contributed by atoms with van der Waals surface area (Å²) in [6.07, 6.45) is 32.0. The molecule has 0 fully saturated rings. The molecule has 12 aromatic rings. The summed E-state index contributed by atoms with van der Waals surface area (Å²) in [6, 6.07) is 54.6. The van der Waals surface area contributed by atoms with E-state index in [1.165, 1.54) is 107 Å². The van der Waals surface area contributed by atoms with E-state index in [1.807, 2.05) is 170 Å². The summed E-state index contributed by atoms with van der Waals surface area (Å²) in [7, 11) is 6.51. The van der Waals surface area contributed by atoms with Gasteiger partial charge < -0.3 is 71.3 Å². The maximum atomic E-state index is 14.1. The second-order valence-electron chi connectivity index (χ2n) is 37.8. The fourth-order valence-electron chi connectivity index (χ4n) is 22.0. The normalized spacial score (nSPS) is 18.5. The number of likely N-dealkylation sites (N-methyl/N-ethyl adjacent to an activating group) is 3. The van der Waals surface area contributed by atoms with Crippen molar-refractivity contribution in [1.82, 2.24) is 74.5 Å². The Morgan fingerprint density at radius 1 is 0.359 bits per heavy atom. The molecule has 0 spiro atoms. The van der Waals surface area contributed by atoms with Crippen LogP contribution in [-0.4, -0.2) is 218 Å². The van der Waals surface area contributed by atoms with Gasteiger partial charge in [-0.05, 0) is 229 Å². The van der Waals surface area contributed by atoms with Crippen molar-refractivity contribution < 1.29 is 47.5 Å². The zero-order valence-corrected chi connectivity index (χ0v) is 81.8. The zero-order chi connectivity index (χ0) is 99.3.